The number of nitrogens with zero attached hydrogens (tertiary/aromatic N) is 1. The first-order chi connectivity index (χ1) is 9.08. The molecule has 0 saturated heterocycles. The van der Waals surface area contributed by atoms with Crippen molar-refractivity contribution in [1.82, 2.24) is 5.43 Å². The molecule has 19 heavy (non-hydrogen) atoms. The molecule has 1 aromatic carbocycles. The lowest BCUT2D eigenvalue weighted by Crippen LogP contribution is -2.18. The molecule has 98 valence electrons. The van der Waals surface area contributed by atoms with Crippen LogP contribution in [0, 0.1) is 0 Å². The maximum Gasteiger partial charge on any atom is 0.281 e. The smallest absolute Gasteiger partial charge is 0.266 e. The second kappa shape index (κ2) is 6.19. The minimum absolute atomic E-state index is 0.243. The standard InChI is InChI=1S/C13H10Cl2N2OS/c1-8(10-7-9(14)4-5-11(10)15)16-17-13(18)12-3-2-6-19-12/h2-7H,1H3,(H,17,18). The number of carbonyl (C=O) groups excluding carboxylic acids is 1. The minimum Gasteiger partial charge on any atom is -0.266 e. The number of thiophene rings is 1. The van der Waals surface area contributed by atoms with Crippen molar-refractivity contribution < 1.29 is 4.79 Å². The van der Waals surface area contributed by atoms with Crippen LogP contribution in [0.5, 0.6) is 0 Å². The molecule has 0 fully saturated rings. The summed E-state index contributed by atoms with van der Waals surface area (Å²) in [6.07, 6.45) is 0. The summed E-state index contributed by atoms with van der Waals surface area (Å²) < 4.78 is 0. The van der Waals surface area contributed by atoms with Crippen molar-refractivity contribution in [2.75, 3.05) is 0 Å². The summed E-state index contributed by atoms with van der Waals surface area (Å²) in [5.41, 5.74) is 3.78. The SMILES string of the molecule is CC(=NNC(=O)c1cccs1)c1cc(Cl)ccc1Cl. The highest BCUT2D eigenvalue weighted by molar-refractivity contribution is 7.12. The van der Waals surface area contributed by atoms with E-state index in [2.05, 4.69) is 10.5 Å². The van der Waals surface area contributed by atoms with Crippen LogP contribution in [-0.2, 0) is 0 Å². The first-order valence-corrected chi connectivity index (χ1v) is 7.05. The Morgan fingerprint density at radius 1 is 1.32 bits per heavy atom. The van der Waals surface area contributed by atoms with Gasteiger partial charge in [-0.25, -0.2) is 5.43 Å². The predicted octanol–water partition coefficient (Wildman–Crippen LogP) is 4.21. The minimum atomic E-state index is -0.243. The molecule has 6 heteroatoms. The number of hydrogen-bond donors (Lipinski definition) is 1. The van der Waals surface area contributed by atoms with Crippen LogP contribution < -0.4 is 5.43 Å². The highest BCUT2D eigenvalue weighted by Crippen LogP contribution is 2.21. The van der Waals surface area contributed by atoms with Crippen LogP contribution in [0.15, 0.2) is 40.8 Å². The molecule has 1 heterocycles. The van der Waals surface area contributed by atoms with Crippen molar-refractivity contribution in [2.24, 2.45) is 5.10 Å². The van der Waals surface area contributed by atoms with Gasteiger partial charge in [0.2, 0.25) is 0 Å². The van der Waals surface area contributed by atoms with Crippen LogP contribution in [-0.4, -0.2) is 11.6 Å². The van der Waals surface area contributed by atoms with Crippen molar-refractivity contribution in [3.8, 4) is 0 Å². The molecule has 0 aliphatic heterocycles. The lowest BCUT2D eigenvalue weighted by Gasteiger charge is -2.05. The van der Waals surface area contributed by atoms with Crippen LogP contribution in [0.4, 0.5) is 0 Å². The van der Waals surface area contributed by atoms with Crippen LogP contribution in [0.3, 0.4) is 0 Å². The molecule has 2 rings (SSSR count). The molecule has 0 unspecified atom stereocenters. The number of halogens is 2. The normalized spacial score (nSPS) is 11.4. The third-order valence-corrected chi connectivity index (χ3v) is 3.82. The van der Waals surface area contributed by atoms with Gasteiger partial charge >= 0.3 is 0 Å². The molecule has 0 saturated carbocycles. The largest absolute Gasteiger partial charge is 0.281 e. The summed E-state index contributed by atoms with van der Waals surface area (Å²) in [7, 11) is 0. The molecule has 0 aliphatic rings. The van der Waals surface area contributed by atoms with E-state index >= 15 is 0 Å². The van der Waals surface area contributed by atoms with E-state index in [0.717, 1.165) is 0 Å². The van der Waals surface area contributed by atoms with Gasteiger partial charge in [-0.15, -0.1) is 11.3 Å². The Labute approximate surface area is 124 Å². The summed E-state index contributed by atoms with van der Waals surface area (Å²) >= 11 is 13.3. The van der Waals surface area contributed by atoms with E-state index in [-0.39, 0.29) is 5.91 Å². The third kappa shape index (κ3) is 3.56. The van der Waals surface area contributed by atoms with Crippen molar-refractivity contribution in [1.29, 1.82) is 0 Å². The Bertz CT molecular complexity index is 624. The molecule has 1 N–H and O–H groups in total. The Morgan fingerprint density at radius 2 is 2.11 bits per heavy atom. The van der Waals surface area contributed by atoms with Gasteiger partial charge in [0, 0.05) is 15.6 Å². The van der Waals surface area contributed by atoms with Gasteiger partial charge in [0.25, 0.3) is 5.91 Å². The summed E-state index contributed by atoms with van der Waals surface area (Å²) in [5, 5.41) is 6.97. The highest BCUT2D eigenvalue weighted by atomic mass is 35.5. The van der Waals surface area contributed by atoms with Crippen molar-refractivity contribution in [2.45, 2.75) is 6.92 Å². The number of hydrogen-bond acceptors (Lipinski definition) is 3. The fourth-order valence-corrected chi connectivity index (χ4v) is 2.47. The van der Waals surface area contributed by atoms with Gasteiger partial charge in [0.15, 0.2) is 0 Å². The molecule has 3 nitrogen and oxygen atoms in total. The number of rotatable bonds is 3. The number of amides is 1. The van der Waals surface area contributed by atoms with Crippen LogP contribution in [0.1, 0.15) is 22.2 Å². The molecule has 1 aromatic heterocycles. The zero-order valence-corrected chi connectivity index (χ0v) is 12.3. The van der Waals surface area contributed by atoms with Crippen molar-refractivity contribution >= 4 is 46.2 Å². The zero-order chi connectivity index (χ0) is 13.8. The van der Waals surface area contributed by atoms with Gasteiger partial charge < -0.3 is 0 Å². The van der Waals surface area contributed by atoms with Gasteiger partial charge in [-0.2, -0.15) is 5.10 Å². The second-order valence-electron chi connectivity index (χ2n) is 3.74. The van der Waals surface area contributed by atoms with E-state index in [0.29, 0.717) is 26.2 Å². The average molecular weight is 313 g/mol. The first-order valence-electron chi connectivity index (χ1n) is 5.41. The van der Waals surface area contributed by atoms with E-state index in [4.69, 9.17) is 23.2 Å². The van der Waals surface area contributed by atoms with E-state index in [1.807, 2.05) is 11.4 Å². The summed E-state index contributed by atoms with van der Waals surface area (Å²) in [6, 6.07) is 8.64. The van der Waals surface area contributed by atoms with E-state index in [9.17, 15) is 4.79 Å². The Balaban J connectivity index is 2.15. The third-order valence-electron chi connectivity index (χ3n) is 2.39. The molecule has 0 radical (unpaired) electrons. The number of hydrazone groups is 1. The van der Waals surface area contributed by atoms with E-state index in [1.165, 1.54) is 11.3 Å². The van der Waals surface area contributed by atoms with Crippen LogP contribution in [0.2, 0.25) is 10.0 Å². The number of benzene rings is 1. The molecule has 0 bridgehead atoms. The lowest BCUT2D eigenvalue weighted by molar-refractivity contribution is 0.0959. The molecule has 2 aromatic rings. The Morgan fingerprint density at radius 3 is 2.79 bits per heavy atom. The maximum atomic E-state index is 11.7. The van der Waals surface area contributed by atoms with Gasteiger partial charge in [-0.3, -0.25) is 4.79 Å². The molecule has 1 amide bonds. The summed E-state index contributed by atoms with van der Waals surface area (Å²) in [6.45, 7) is 1.76. The maximum absolute atomic E-state index is 11.7. The lowest BCUT2D eigenvalue weighted by atomic mass is 10.1. The van der Waals surface area contributed by atoms with Gasteiger partial charge in [-0.1, -0.05) is 29.3 Å². The highest BCUT2D eigenvalue weighted by Gasteiger charge is 2.07. The zero-order valence-electron chi connectivity index (χ0n) is 9.98. The average Bonchev–Trinajstić information content (AvgIpc) is 2.92. The van der Waals surface area contributed by atoms with Crippen LogP contribution >= 0.6 is 34.5 Å². The molecule has 0 aliphatic carbocycles. The monoisotopic (exact) mass is 312 g/mol. The van der Waals surface area contributed by atoms with Crippen LogP contribution in [0.25, 0.3) is 0 Å². The van der Waals surface area contributed by atoms with Crippen molar-refractivity contribution in [3.63, 3.8) is 0 Å². The quantitative estimate of drug-likeness (QED) is 0.669. The summed E-state index contributed by atoms with van der Waals surface area (Å²) in [4.78, 5) is 12.3. The molecular formula is C13H10Cl2N2OS. The second-order valence-corrected chi connectivity index (χ2v) is 5.53. The van der Waals surface area contributed by atoms with Gasteiger partial charge in [0.05, 0.1) is 10.6 Å². The van der Waals surface area contributed by atoms with Crippen molar-refractivity contribution in [3.05, 3.63) is 56.2 Å². The summed E-state index contributed by atoms with van der Waals surface area (Å²) in [5.74, 6) is -0.243. The predicted molar refractivity (Wildman–Crippen MR) is 80.5 cm³/mol. The van der Waals surface area contributed by atoms with Gasteiger partial charge in [-0.05, 0) is 36.6 Å². The van der Waals surface area contributed by atoms with Gasteiger partial charge in [0.1, 0.15) is 0 Å². The molecule has 0 spiro atoms. The first kappa shape index (κ1) is 14.1. The number of carbonyl (C=O) groups is 1. The molecular weight excluding hydrogens is 303 g/mol. The van der Waals surface area contributed by atoms with E-state index in [1.54, 1.807) is 31.2 Å². The van der Waals surface area contributed by atoms with E-state index < -0.39 is 0 Å². The fourth-order valence-electron chi connectivity index (χ4n) is 1.43. The topological polar surface area (TPSA) is 41.5 Å². The fraction of sp³-hybridized carbons (Fsp3) is 0.0769. The Hall–Kier alpha value is -1.36. The molecule has 0 atom stereocenters. The number of nitrogens with one attached hydrogen (secondary N) is 1. The Kier molecular flexibility index (Phi) is 4.58.